The highest BCUT2D eigenvalue weighted by atomic mass is 32.2. The van der Waals surface area contributed by atoms with Crippen LogP contribution in [0, 0.1) is 5.92 Å². The molecule has 2 aromatic carbocycles. The van der Waals surface area contributed by atoms with Crippen molar-refractivity contribution in [2.75, 3.05) is 0 Å². The van der Waals surface area contributed by atoms with Crippen molar-refractivity contribution in [3.05, 3.63) is 102 Å². The van der Waals surface area contributed by atoms with Crippen LogP contribution in [0.4, 0.5) is 0 Å². The summed E-state index contributed by atoms with van der Waals surface area (Å²) in [5.41, 5.74) is 2.55. The van der Waals surface area contributed by atoms with Gasteiger partial charge in [0, 0.05) is 36.3 Å². The third kappa shape index (κ3) is 4.32. The van der Waals surface area contributed by atoms with Crippen molar-refractivity contribution >= 4 is 26.4 Å². The molecule has 0 saturated heterocycles. The number of hydrogen-bond donors (Lipinski definition) is 0. The Bertz CT molecular complexity index is 1380. The van der Waals surface area contributed by atoms with E-state index in [1.165, 1.54) is 0 Å². The Morgan fingerprint density at radius 2 is 1.78 bits per heavy atom. The first-order chi connectivity index (χ1) is 15.5. The van der Waals surface area contributed by atoms with Gasteiger partial charge < -0.3 is 0 Å². The Kier molecular flexibility index (Phi) is 5.31. The van der Waals surface area contributed by atoms with Crippen molar-refractivity contribution in [2.24, 2.45) is 5.92 Å². The highest BCUT2D eigenvalue weighted by Gasteiger charge is 2.43. The quantitative estimate of drug-likeness (QED) is 0.421. The molecule has 5 rings (SSSR count). The Morgan fingerprint density at radius 3 is 2.56 bits per heavy atom. The number of carbonyl (C=O) groups is 1. The van der Waals surface area contributed by atoms with Crippen LogP contribution in [0.2, 0.25) is 0 Å². The molecule has 5 nitrogen and oxygen atoms in total. The summed E-state index contributed by atoms with van der Waals surface area (Å²) in [6.45, 7) is 0. The molecule has 2 heterocycles. The van der Waals surface area contributed by atoms with Gasteiger partial charge in [-0.1, -0.05) is 36.4 Å². The van der Waals surface area contributed by atoms with Crippen LogP contribution in [0.25, 0.3) is 10.8 Å². The van der Waals surface area contributed by atoms with E-state index in [-0.39, 0.29) is 28.3 Å². The molecular formula is C26H22N2O3S. The summed E-state index contributed by atoms with van der Waals surface area (Å²) in [6, 6.07) is 20.2. The molecule has 160 valence electrons. The largest absolute Gasteiger partial charge is 0.299 e. The van der Waals surface area contributed by atoms with Gasteiger partial charge in [-0.3, -0.25) is 14.8 Å². The molecule has 1 aliphatic carbocycles. The van der Waals surface area contributed by atoms with Gasteiger partial charge in [-0.15, -0.1) is 0 Å². The molecule has 1 fully saturated rings. The van der Waals surface area contributed by atoms with Crippen LogP contribution < -0.4 is 0 Å². The van der Waals surface area contributed by atoms with Gasteiger partial charge in [-0.2, -0.15) is 0 Å². The van der Waals surface area contributed by atoms with Gasteiger partial charge >= 0.3 is 0 Å². The Morgan fingerprint density at radius 1 is 0.938 bits per heavy atom. The maximum absolute atomic E-state index is 12.8. The molecule has 0 radical (unpaired) electrons. The SMILES string of the molecule is O=C(Cc1ccc2cnccc2c1)[C@@H]1CC1c1ccc(S(=O)(=O)Cc2ccccn2)cc1. The molecule has 0 N–H and O–H groups in total. The number of ketones is 1. The molecule has 2 atom stereocenters. The predicted molar refractivity (Wildman–Crippen MR) is 123 cm³/mol. The summed E-state index contributed by atoms with van der Waals surface area (Å²) in [6.07, 6.45) is 6.39. The van der Waals surface area contributed by atoms with E-state index in [0.717, 1.165) is 28.3 Å². The molecule has 0 bridgehead atoms. The molecule has 6 heteroatoms. The fraction of sp³-hybridized carbons (Fsp3) is 0.192. The van der Waals surface area contributed by atoms with Crippen molar-refractivity contribution in [3.63, 3.8) is 0 Å². The summed E-state index contributed by atoms with van der Waals surface area (Å²) in [7, 11) is -3.46. The van der Waals surface area contributed by atoms with Gasteiger partial charge in [0.2, 0.25) is 0 Å². The number of nitrogens with zero attached hydrogens (tertiary/aromatic N) is 2. The molecule has 32 heavy (non-hydrogen) atoms. The summed E-state index contributed by atoms with van der Waals surface area (Å²) in [5.74, 6) is 0.272. The molecule has 0 amide bonds. The van der Waals surface area contributed by atoms with Crippen LogP contribution in [0.1, 0.15) is 29.2 Å². The number of benzene rings is 2. The molecular weight excluding hydrogens is 420 g/mol. The molecule has 1 unspecified atom stereocenters. The van der Waals surface area contributed by atoms with E-state index in [0.29, 0.717) is 12.1 Å². The minimum absolute atomic E-state index is 0.000821. The number of Topliss-reactive ketones (excluding diaryl/α,β-unsaturated/α-hetero) is 1. The van der Waals surface area contributed by atoms with Crippen molar-refractivity contribution < 1.29 is 13.2 Å². The van der Waals surface area contributed by atoms with Gasteiger partial charge in [0.1, 0.15) is 5.78 Å². The maximum atomic E-state index is 12.8. The lowest BCUT2D eigenvalue weighted by atomic mass is 10.0. The second-order valence-corrected chi connectivity index (χ2v) is 10.3. The van der Waals surface area contributed by atoms with Crippen molar-refractivity contribution in [1.29, 1.82) is 0 Å². The summed E-state index contributed by atoms with van der Waals surface area (Å²) in [4.78, 5) is 21.3. The average Bonchev–Trinajstić information content (AvgIpc) is 3.61. The zero-order valence-electron chi connectivity index (χ0n) is 17.4. The first-order valence-corrected chi connectivity index (χ1v) is 12.2. The number of rotatable bonds is 7. The lowest BCUT2D eigenvalue weighted by Gasteiger charge is -2.06. The normalized spacial score (nSPS) is 17.9. The first-order valence-electron chi connectivity index (χ1n) is 10.6. The van der Waals surface area contributed by atoms with E-state index >= 15 is 0 Å². The van der Waals surface area contributed by atoms with E-state index in [9.17, 15) is 13.2 Å². The van der Waals surface area contributed by atoms with Gasteiger partial charge in [0.15, 0.2) is 9.84 Å². The van der Waals surface area contributed by atoms with Gasteiger partial charge in [0.05, 0.1) is 16.3 Å². The molecule has 1 aliphatic rings. The Hall–Kier alpha value is -3.38. The van der Waals surface area contributed by atoms with Crippen LogP contribution in [-0.2, 0) is 26.8 Å². The molecule has 0 spiro atoms. The number of carbonyl (C=O) groups excluding carboxylic acids is 1. The van der Waals surface area contributed by atoms with Crippen molar-refractivity contribution in [3.8, 4) is 0 Å². The summed E-state index contributed by atoms with van der Waals surface area (Å²) in [5, 5.41) is 2.14. The van der Waals surface area contributed by atoms with E-state index < -0.39 is 9.84 Å². The molecule has 4 aromatic rings. The van der Waals surface area contributed by atoms with E-state index in [1.807, 2.05) is 42.6 Å². The lowest BCUT2D eigenvalue weighted by molar-refractivity contribution is -0.119. The zero-order valence-corrected chi connectivity index (χ0v) is 18.2. The molecule has 2 aromatic heterocycles. The number of sulfone groups is 1. The smallest absolute Gasteiger partial charge is 0.184 e. The standard InChI is InChI=1S/C26H22N2O3S/c29-26(14-18-4-5-21-16-27-12-10-20(21)13-18)25-15-24(25)19-6-8-23(9-7-19)32(30,31)17-22-3-1-2-11-28-22/h1-13,16,24-25H,14-15,17H2/t24?,25-/m1/s1. The Labute approximate surface area is 187 Å². The van der Waals surface area contributed by atoms with E-state index in [2.05, 4.69) is 9.97 Å². The summed E-state index contributed by atoms with van der Waals surface area (Å²) >= 11 is 0. The van der Waals surface area contributed by atoms with Crippen molar-refractivity contribution in [2.45, 2.75) is 29.4 Å². The van der Waals surface area contributed by atoms with Crippen molar-refractivity contribution in [1.82, 2.24) is 9.97 Å². The highest BCUT2D eigenvalue weighted by molar-refractivity contribution is 7.90. The monoisotopic (exact) mass is 442 g/mol. The maximum Gasteiger partial charge on any atom is 0.184 e. The van der Waals surface area contributed by atoms with Crippen LogP contribution in [-0.4, -0.2) is 24.2 Å². The summed E-state index contributed by atoms with van der Waals surface area (Å²) < 4.78 is 25.3. The van der Waals surface area contributed by atoms with E-state index in [1.54, 1.807) is 42.7 Å². The first kappa shape index (κ1) is 20.5. The van der Waals surface area contributed by atoms with Gasteiger partial charge in [0.25, 0.3) is 0 Å². The van der Waals surface area contributed by atoms with Crippen LogP contribution in [0.15, 0.2) is 90.2 Å². The fourth-order valence-electron chi connectivity index (χ4n) is 4.18. The minimum atomic E-state index is -3.46. The van der Waals surface area contributed by atoms with Crippen LogP contribution in [0.5, 0.6) is 0 Å². The topological polar surface area (TPSA) is 77.0 Å². The average molecular weight is 443 g/mol. The third-order valence-corrected chi connectivity index (χ3v) is 7.68. The minimum Gasteiger partial charge on any atom is -0.299 e. The fourth-order valence-corrected chi connectivity index (χ4v) is 5.46. The second-order valence-electron chi connectivity index (χ2n) is 8.30. The van der Waals surface area contributed by atoms with Gasteiger partial charge in [-0.25, -0.2) is 8.42 Å². The zero-order chi connectivity index (χ0) is 22.1. The number of fused-ring (bicyclic) bond motifs is 1. The van der Waals surface area contributed by atoms with E-state index in [4.69, 9.17) is 0 Å². The highest BCUT2D eigenvalue weighted by Crippen LogP contribution is 2.48. The number of hydrogen-bond acceptors (Lipinski definition) is 5. The number of aromatic nitrogens is 2. The second kappa shape index (κ2) is 8.28. The lowest BCUT2D eigenvalue weighted by Crippen LogP contribution is -2.07. The Balaban J connectivity index is 1.24. The van der Waals surface area contributed by atoms with Crippen LogP contribution >= 0.6 is 0 Å². The van der Waals surface area contributed by atoms with Crippen LogP contribution in [0.3, 0.4) is 0 Å². The molecule has 0 aliphatic heterocycles. The van der Waals surface area contributed by atoms with Gasteiger partial charge in [-0.05, 0) is 59.2 Å². The predicted octanol–water partition coefficient (Wildman–Crippen LogP) is 4.52. The third-order valence-electron chi connectivity index (χ3n) is 6.02. The number of pyridine rings is 2. The molecule has 1 saturated carbocycles.